The van der Waals surface area contributed by atoms with Gasteiger partial charge in [0.1, 0.15) is 0 Å². The van der Waals surface area contributed by atoms with Crippen LogP contribution in [0.2, 0.25) is 0 Å². The highest BCUT2D eigenvalue weighted by Crippen LogP contribution is 2.70. The number of fused-ring (bicyclic) bond motifs is 2. The lowest BCUT2D eigenvalue weighted by molar-refractivity contribution is 0.282. The van der Waals surface area contributed by atoms with Crippen molar-refractivity contribution in [3.05, 3.63) is 0 Å². The minimum atomic E-state index is 0.314. The second-order valence-electron chi connectivity index (χ2n) is 5.39. The Bertz CT molecular complexity index is 221. The van der Waals surface area contributed by atoms with Gasteiger partial charge in [-0.25, -0.2) is 0 Å². The molecule has 1 aliphatic heterocycles. The van der Waals surface area contributed by atoms with Crippen molar-refractivity contribution in [2.75, 3.05) is 0 Å². The first-order valence-corrected chi connectivity index (χ1v) is 4.72. The lowest BCUT2D eigenvalue weighted by Crippen LogP contribution is -2.16. The molecule has 3 fully saturated rings. The van der Waals surface area contributed by atoms with Gasteiger partial charge < -0.3 is 4.74 Å². The molecule has 3 rings (SSSR count). The molecule has 0 aromatic carbocycles. The Morgan fingerprint density at radius 2 is 1.91 bits per heavy atom. The number of ether oxygens (including phenoxy) is 1. The summed E-state index contributed by atoms with van der Waals surface area (Å²) in [6.07, 6.45) is 3.30. The van der Waals surface area contributed by atoms with E-state index in [0.29, 0.717) is 17.1 Å². The van der Waals surface area contributed by atoms with Crippen LogP contribution in [0.15, 0.2) is 0 Å². The molecule has 3 aliphatic rings. The topological polar surface area (TPSA) is 12.5 Å². The van der Waals surface area contributed by atoms with E-state index < -0.39 is 0 Å². The molecule has 0 aromatic heterocycles. The van der Waals surface area contributed by atoms with Crippen molar-refractivity contribution in [3.63, 3.8) is 0 Å². The molecule has 0 aromatic rings. The smallest absolute Gasteiger partial charge is 0.0923 e. The maximum absolute atomic E-state index is 5.66. The maximum atomic E-state index is 5.66. The third-order valence-electron chi connectivity index (χ3n) is 4.42. The molecule has 0 amide bonds. The van der Waals surface area contributed by atoms with E-state index in [-0.39, 0.29) is 0 Å². The van der Waals surface area contributed by atoms with Crippen molar-refractivity contribution in [1.82, 2.24) is 0 Å². The largest absolute Gasteiger partial charge is 0.366 e. The average Bonchev–Trinajstić information content (AvgIpc) is 2.68. The van der Waals surface area contributed by atoms with Gasteiger partial charge in [0.2, 0.25) is 0 Å². The third kappa shape index (κ3) is 0.618. The van der Waals surface area contributed by atoms with Crippen LogP contribution in [0.1, 0.15) is 33.6 Å². The van der Waals surface area contributed by atoms with Crippen LogP contribution in [0.4, 0.5) is 0 Å². The van der Waals surface area contributed by atoms with Gasteiger partial charge in [-0.1, -0.05) is 13.8 Å². The Morgan fingerprint density at radius 1 is 1.18 bits per heavy atom. The second kappa shape index (κ2) is 1.39. The summed E-state index contributed by atoms with van der Waals surface area (Å²) in [5.41, 5.74) is 0.967. The zero-order valence-corrected chi connectivity index (χ0v) is 7.55. The maximum Gasteiger partial charge on any atom is 0.0923 e. The summed E-state index contributed by atoms with van der Waals surface area (Å²) in [6.45, 7) is 7.11. The SMILES string of the molecule is CC12C[C@H]3[C@@H](CC1O2)C3(C)C. The summed E-state index contributed by atoms with van der Waals surface area (Å²) in [5.74, 6) is 1.97. The summed E-state index contributed by atoms with van der Waals surface area (Å²) in [6, 6.07) is 0. The quantitative estimate of drug-likeness (QED) is 0.485. The molecule has 2 unspecified atom stereocenters. The molecule has 0 bridgehead atoms. The van der Waals surface area contributed by atoms with E-state index in [1.165, 1.54) is 12.8 Å². The molecule has 1 heteroatoms. The molecule has 1 saturated heterocycles. The van der Waals surface area contributed by atoms with E-state index >= 15 is 0 Å². The molecular weight excluding hydrogens is 136 g/mol. The first-order valence-electron chi connectivity index (χ1n) is 4.72. The molecule has 0 N–H and O–H groups in total. The van der Waals surface area contributed by atoms with Crippen molar-refractivity contribution in [1.29, 1.82) is 0 Å². The fraction of sp³-hybridized carbons (Fsp3) is 1.00. The Kier molecular flexibility index (Phi) is 0.820. The lowest BCUT2D eigenvalue weighted by atomic mass is 9.91. The first-order chi connectivity index (χ1) is 5.04. The van der Waals surface area contributed by atoms with Gasteiger partial charge in [0.05, 0.1) is 11.7 Å². The molecule has 4 atom stereocenters. The fourth-order valence-corrected chi connectivity index (χ4v) is 3.17. The van der Waals surface area contributed by atoms with Crippen LogP contribution in [0.25, 0.3) is 0 Å². The fourth-order valence-electron chi connectivity index (χ4n) is 3.17. The van der Waals surface area contributed by atoms with Gasteiger partial charge in [-0.05, 0) is 37.0 Å². The van der Waals surface area contributed by atoms with Crippen molar-refractivity contribution in [2.45, 2.75) is 45.3 Å². The minimum Gasteiger partial charge on any atom is -0.366 e. The molecule has 1 nitrogen and oxygen atoms in total. The van der Waals surface area contributed by atoms with Crippen LogP contribution in [0.3, 0.4) is 0 Å². The van der Waals surface area contributed by atoms with E-state index in [1.807, 2.05) is 0 Å². The highest BCUT2D eigenvalue weighted by molar-refractivity contribution is 5.18. The van der Waals surface area contributed by atoms with Crippen LogP contribution < -0.4 is 0 Å². The van der Waals surface area contributed by atoms with Crippen molar-refractivity contribution >= 4 is 0 Å². The molecule has 2 aliphatic carbocycles. The van der Waals surface area contributed by atoms with Crippen molar-refractivity contribution in [2.24, 2.45) is 17.3 Å². The van der Waals surface area contributed by atoms with E-state index in [2.05, 4.69) is 20.8 Å². The van der Waals surface area contributed by atoms with E-state index in [4.69, 9.17) is 4.74 Å². The van der Waals surface area contributed by atoms with Gasteiger partial charge in [-0.2, -0.15) is 0 Å². The van der Waals surface area contributed by atoms with Crippen LogP contribution in [-0.4, -0.2) is 11.7 Å². The molecule has 11 heavy (non-hydrogen) atoms. The van der Waals surface area contributed by atoms with Crippen molar-refractivity contribution in [3.8, 4) is 0 Å². The van der Waals surface area contributed by atoms with Gasteiger partial charge >= 0.3 is 0 Å². The minimum absolute atomic E-state index is 0.314. The van der Waals surface area contributed by atoms with E-state index in [0.717, 1.165) is 11.8 Å². The van der Waals surface area contributed by atoms with Crippen LogP contribution in [0, 0.1) is 17.3 Å². The molecule has 0 spiro atoms. The normalized spacial score (nSPS) is 63.0. The predicted octanol–water partition coefficient (Wildman–Crippen LogP) is 2.21. The second-order valence-corrected chi connectivity index (χ2v) is 5.39. The zero-order chi connectivity index (χ0) is 7.85. The first kappa shape index (κ1) is 6.47. The summed E-state index contributed by atoms with van der Waals surface area (Å²) in [4.78, 5) is 0. The van der Waals surface area contributed by atoms with Crippen LogP contribution >= 0.6 is 0 Å². The molecule has 0 radical (unpaired) electrons. The summed E-state index contributed by atoms with van der Waals surface area (Å²) in [7, 11) is 0. The van der Waals surface area contributed by atoms with Gasteiger partial charge in [0.15, 0.2) is 0 Å². The Hall–Kier alpha value is -0.0400. The Balaban J connectivity index is 1.85. The van der Waals surface area contributed by atoms with E-state index in [1.54, 1.807) is 0 Å². The monoisotopic (exact) mass is 152 g/mol. The van der Waals surface area contributed by atoms with Crippen molar-refractivity contribution < 1.29 is 4.74 Å². The Morgan fingerprint density at radius 3 is 2.55 bits per heavy atom. The van der Waals surface area contributed by atoms with Crippen LogP contribution in [0.5, 0.6) is 0 Å². The molecule has 1 heterocycles. The average molecular weight is 152 g/mol. The lowest BCUT2D eigenvalue weighted by Gasteiger charge is -2.09. The third-order valence-corrected chi connectivity index (χ3v) is 4.42. The number of hydrogen-bond acceptors (Lipinski definition) is 1. The van der Waals surface area contributed by atoms with Gasteiger partial charge in [0, 0.05) is 0 Å². The highest BCUT2D eigenvalue weighted by atomic mass is 16.6. The summed E-state index contributed by atoms with van der Waals surface area (Å²) in [5, 5.41) is 0. The molecule has 2 saturated carbocycles. The summed E-state index contributed by atoms with van der Waals surface area (Å²) >= 11 is 0. The number of epoxide rings is 1. The van der Waals surface area contributed by atoms with Gasteiger partial charge in [-0.15, -0.1) is 0 Å². The predicted molar refractivity (Wildman–Crippen MR) is 43.3 cm³/mol. The highest BCUT2D eigenvalue weighted by Gasteiger charge is 2.70. The Labute approximate surface area is 68.1 Å². The molecular formula is C10H16O. The zero-order valence-electron chi connectivity index (χ0n) is 7.55. The van der Waals surface area contributed by atoms with E-state index in [9.17, 15) is 0 Å². The molecule has 62 valence electrons. The van der Waals surface area contributed by atoms with Crippen LogP contribution in [-0.2, 0) is 4.74 Å². The number of rotatable bonds is 0. The van der Waals surface area contributed by atoms with Gasteiger partial charge in [0.25, 0.3) is 0 Å². The number of hydrogen-bond donors (Lipinski definition) is 0. The van der Waals surface area contributed by atoms with Gasteiger partial charge in [-0.3, -0.25) is 0 Å². The standard InChI is InChI=1S/C10H16O/c1-9(2)6-4-8-10(3,11-8)5-7(6)9/h6-8H,4-5H2,1-3H3/t6-,7+,8?,10?/m1/s1. The summed E-state index contributed by atoms with van der Waals surface area (Å²) < 4.78 is 5.66.